The van der Waals surface area contributed by atoms with Gasteiger partial charge in [0.15, 0.2) is 0 Å². The van der Waals surface area contributed by atoms with Crippen molar-refractivity contribution in [1.82, 2.24) is 9.80 Å². The lowest BCUT2D eigenvalue weighted by Gasteiger charge is -2.39. The van der Waals surface area contributed by atoms with E-state index in [0.29, 0.717) is 5.76 Å². The number of nitrogens with zero attached hydrogens (tertiary/aromatic N) is 2. The zero-order valence-corrected chi connectivity index (χ0v) is 15.8. The Hall–Kier alpha value is -3.11. The summed E-state index contributed by atoms with van der Waals surface area (Å²) in [5, 5.41) is 0. The highest BCUT2D eigenvalue weighted by molar-refractivity contribution is 5.91. The average molecular weight is 372 g/mol. The lowest BCUT2D eigenvalue weighted by Crippen LogP contribution is -2.49. The van der Waals surface area contributed by atoms with Gasteiger partial charge in [-0.05, 0) is 29.3 Å². The summed E-state index contributed by atoms with van der Waals surface area (Å²) in [5.74, 6) is 0.729. The maximum atomic E-state index is 12.5. The van der Waals surface area contributed by atoms with E-state index in [0.717, 1.165) is 26.2 Å². The molecule has 28 heavy (non-hydrogen) atoms. The van der Waals surface area contributed by atoms with Gasteiger partial charge < -0.3 is 9.32 Å². The highest BCUT2D eigenvalue weighted by atomic mass is 16.3. The van der Waals surface area contributed by atoms with E-state index in [9.17, 15) is 4.79 Å². The molecule has 4 nitrogen and oxygen atoms in total. The van der Waals surface area contributed by atoms with Crippen LogP contribution in [0.1, 0.15) is 22.9 Å². The van der Waals surface area contributed by atoms with Crippen LogP contribution in [0.5, 0.6) is 0 Å². The van der Waals surface area contributed by atoms with E-state index < -0.39 is 0 Å². The molecule has 0 atom stereocenters. The third-order valence-corrected chi connectivity index (χ3v) is 5.16. The van der Waals surface area contributed by atoms with Crippen molar-refractivity contribution >= 4 is 12.0 Å². The molecule has 0 saturated carbocycles. The van der Waals surface area contributed by atoms with E-state index >= 15 is 0 Å². The molecule has 1 aliphatic rings. The summed E-state index contributed by atoms with van der Waals surface area (Å²) in [6, 6.07) is 25.0. The minimum Gasteiger partial charge on any atom is -0.465 e. The number of amides is 1. The number of hydrogen-bond donors (Lipinski definition) is 0. The molecule has 0 aliphatic carbocycles. The van der Waals surface area contributed by atoms with Crippen molar-refractivity contribution in [3.63, 3.8) is 0 Å². The fourth-order valence-corrected chi connectivity index (χ4v) is 3.73. The van der Waals surface area contributed by atoms with Crippen LogP contribution in [-0.2, 0) is 4.79 Å². The number of rotatable bonds is 5. The number of furan rings is 1. The number of piperazine rings is 1. The minimum absolute atomic E-state index is 0.0343. The summed E-state index contributed by atoms with van der Waals surface area (Å²) in [6.45, 7) is 3.12. The quantitative estimate of drug-likeness (QED) is 0.629. The molecule has 2 aromatic carbocycles. The lowest BCUT2D eigenvalue weighted by molar-refractivity contribution is -0.127. The van der Waals surface area contributed by atoms with E-state index in [-0.39, 0.29) is 11.9 Å². The van der Waals surface area contributed by atoms with Crippen LogP contribution in [0.25, 0.3) is 6.08 Å². The first-order valence-electron chi connectivity index (χ1n) is 9.66. The van der Waals surface area contributed by atoms with Crippen LogP contribution in [0, 0.1) is 0 Å². The van der Waals surface area contributed by atoms with Gasteiger partial charge in [-0.1, -0.05) is 60.7 Å². The summed E-state index contributed by atoms with van der Waals surface area (Å²) >= 11 is 0. The molecular formula is C24H24N2O2. The van der Waals surface area contributed by atoms with Crippen molar-refractivity contribution in [2.75, 3.05) is 26.2 Å². The zero-order chi connectivity index (χ0) is 19.2. The van der Waals surface area contributed by atoms with Crippen molar-refractivity contribution in [2.24, 2.45) is 0 Å². The fourth-order valence-electron chi connectivity index (χ4n) is 3.73. The first-order chi connectivity index (χ1) is 13.8. The smallest absolute Gasteiger partial charge is 0.246 e. The number of carbonyl (C=O) groups excluding carboxylic acids is 1. The van der Waals surface area contributed by atoms with Crippen molar-refractivity contribution in [1.29, 1.82) is 0 Å². The first-order valence-corrected chi connectivity index (χ1v) is 9.66. The second kappa shape index (κ2) is 8.72. The zero-order valence-electron chi connectivity index (χ0n) is 15.8. The van der Waals surface area contributed by atoms with Crippen LogP contribution in [0.4, 0.5) is 0 Å². The molecule has 0 spiro atoms. The number of carbonyl (C=O) groups is 1. The third-order valence-electron chi connectivity index (χ3n) is 5.16. The van der Waals surface area contributed by atoms with Gasteiger partial charge in [-0.25, -0.2) is 0 Å². The SMILES string of the molecule is O=C(C=Cc1ccco1)N1CCN(C(c2ccccc2)c2ccccc2)CC1. The van der Waals surface area contributed by atoms with Crippen LogP contribution in [-0.4, -0.2) is 41.9 Å². The minimum atomic E-state index is 0.0343. The average Bonchev–Trinajstić information content (AvgIpc) is 3.28. The van der Waals surface area contributed by atoms with Gasteiger partial charge in [0, 0.05) is 32.3 Å². The van der Waals surface area contributed by atoms with Gasteiger partial charge in [0.25, 0.3) is 0 Å². The summed E-state index contributed by atoms with van der Waals surface area (Å²) < 4.78 is 5.25. The Bertz CT molecular complexity index is 857. The maximum absolute atomic E-state index is 12.5. The molecule has 1 amide bonds. The predicted octanol–water partition coefficient (Wildman–Crippen LogP) is 4.23. The fraction of sp³-hybridized carbons (Fsp3) is 0.208. The van der Waals surface area contributed by atoms with Crippen LogP contribution in [0.2, 0.25) is 0 Å². The molecule has 1 aromatic heterocycles. The van der Waals surface area contributed by atoms with Gasteiger partial charge in [0.05, 0.1) is 12.3 Å². The monoisotopic (exact) mass is 372 g/mol. The molecule has 0 radical (unpaired) electrons. The number of hydrogen-bond acceptors (Lipinski definition) is 3. The second-order valence-corrected chi connectivity index (χ2v) is 6.93. The topological polar surface area (TPSA) is 36.7 Å². The van der Waals surface area contributed by atoms with E-state index in [4.69, 9.17) is 4.42 Å². The molecule has 0 unspecified atom stereocenters. The summed E-state index contributed by atoms with van der Waals surface area (Å²) in [5.41, 5.74) is 2.57. The van der Waals surface area contributed by atoms with Crippen LogP contribution < -0.4 is 0 Å². The standard InChI is InChI=1S/C24H24N2O2/c27-23(14-13-22-12-7-19-28-22)25-15-17-26(18-16-25)24(20-8-3-1-4-9-20)21-10-5-2-6-11-21/h1-14,19,24H,15-18H2. The van der Waals surface area contributed by atoms with Crippen molar-refractivity contribution in [3.05, 3.63) is 102 Å². The van der Waals surface area contributed by atoms with E-state index in [2.05, 4.69) is 53.4 Å². The van der Waals surface area contributed by atoms with Crippen molar-refractivity contribution < 1.29 is 9.21 Å². The van der Waals surface area contributed by atoms with Gasteiger partial charge in [-0.3, -0.25) is 9.69 Å². The highest BCUT2D eigenvalue weighted by Gasteiger charge is 2.27. The molecule has 0 N–H and O–H groups in total. The molecule has 1 saturated heterocycles. The first kappa shape index (κ1) is 18.3. The van der Waals surface area contributed by atoms with Crippen LogP contribution in [0.3, 0.4) is 0 Å². The van der Waals surface area contributed by atoms with E-state index in [1.54, 1.807) is 18.4 Å². The van der Waals surface area contributed by atoms with Gasteiger partial charge in [0.1, 0.15) is 5.76 Å². The van der Waals surface area contributed by atoms with Crippen LogP contribution >= 0.6 is 0 Å². The molecule has 4 rings (SSSR count). The van der Waals surface area contributed by atoms with Crippen molar-refractivity contribution in [3.8, 4) is 0 Å². The summed E-state index contributed by atoms with van der Waals surface area (Å²) in [4.78, 5) is 16.9. The normalized spacial score (nSPS) is 15.4. The Kier molecular flexibility index (Phi) is 5.69. The Morgan fingerprint density at radius 2 is 1.43 bits per heavy atom. The van der Waals surface area contributed by atoms with E-state index in [1.807, 2.05) is 29.2 Å². The van der Waals surface area contributed by atoms with Gasteiger partial charge in [-0.15, -0.1) is 0 Å². The molecule has 4 heteroatoms. The largest absolute Gasteiger partial charge is 0.465 e. The molecule has 3 aromatic rings. The molecule has 0 bridgehead atoms. The van der Waals surface area contributed by atoms with Gasteiger partial charge in [-0.2, -0.15) is 0 Å². The lowest BCUT2D eigenvalue weighted by atomic mass is 9.96. The molecule has 1 fully saturated rings. The molecule has 142 valence electrons. The summed E-state index contributed by atoms with van der Waals surface area (Å²) in [6.07, 6.45) is 4.93. The van der Waals surface area contributed by atoms with Crippen LogP contribution in [0.15, 0.2) is 89.6 Å². The Labute approximate surface area is 165 Å². The third kappa shape index (κ3) is 4.24. The van der Waals surface area contributed by atoms with Gasteiger partial charge in [0.2, 0.25) is 5.91 Å². The van der Waals surface area contributed by atoms with Crippen molar-refractivity contribution in [2.45, 2.75) is 6.04 Å². The summed E-state index contributed by atoms with van der Waals surface area (Å²) in [7, 11) is 0. The predicted molar refractivity (Wildman–Crippen MR) is 111 cm³/mol. The Balaban J connectivity index is 1.45. The Morgan fingerprint density at radius 3 is 1.96 bits per heavy atom. The maximum Gasteiger partial charge on any atom is 0.246 e. The molecule has 1 aliphatic heterocycles. The second-order valence-electron chi connectivity index (χ2n) is 6.93. The Morgan fingerprint density at radius 1 is 0.821 bits per heavy atom. The number of benzene rings is 2. The highest BCUT2D eigenvalue weighted by Crippen LogP contribution is 2.29. The van der Waals surface area contributed by atoms with E-state index in [1.165, 1.54) is 11.1 Å². The molecular weight excluding hydrogens is 348 g/mol. The molecule has 2 heterocycles. The van der Waals surface area contributed by atoms with Gasteiger partial charge >= 0.3 is 0 Å².